The van der Waals surface area contributed by atoms with Gasteiger partial charge in [0, 0.05) is 16.6 Å². The zero-order valence-corrected chi connectivity index (χ0v) is 19.0. The van der Waals surface area contributed by atoms with Gasteiger partial charge in [-0.15, -0.1) is 11.3 Å². The quantitative estimate of drug-likeness (QED) is 0.266. The SMILES string of the molecule is COC(=O)N(Cc1ccccc1)CC(Oc1cccc2sc(C(=N)N)cc12)c1ccccc1. The van der Waals surface area contributed by atoms with Crippen LogP contribution in [0.15, 0.2) is 84.9 Å². The van der Waals surface area contributed by atoms with Crippen molar-refractivity contribution in [3.63, 3.8) is 0 Å². The molecule has 7 heteroatoms. The fraction of sp³-hybridized carbons (Fsp3) is 0.154. The van der Waals surface area contributed by atoms with E-state index >= 15 is 0 Å². The molecule has 0 aliphatic heterocycles. The lowest BCUT2D eigenvalue weighted by Gasteiger charge is -2.28. The number of carbonyl (C=O) groups is 1. The van der Waals surface area contributed by atoms with Gasteiger partial charge >= 0.3 is 6.09 Å². The molecule has 0 saturated carbocycles. The Kier molecular flexibility index (Phi) is 6.90. The predicted octanol–water partition coefficient (Wildman–Crippen LogP) is 5.57. The van der Waals surface area contributed by atoms with Gasteiger partial charge in [0.15, 0.2) is 0 Å². The van der Waals surface area contributed by atoms with Gasteiger partial charge in [-0.25, -0.2) is 4.79 Å². The van der Waals surface area contributed by atoms with Crippen LogP contribution in [-0.2, 0) is 11.3 Å². The second kappa shape index (κ2) is 10.2. The van der Waals surface area contributed by atoms with Crippen molar-refractivity contribution in [2.24, 2.45) is 5.73 Å². The third-order valence-electron chi connectivity index (χ3n) is 5.26. The number of ether oxygens (including phenoxy) is 2. The van der Waals surface area contributed by atoms with E-state index in [1.54, 1.807) is 4.90 Å². The van der Waals surface area contributed by atoms with Gasteiger partial charge in [0.05, 0.1) is 18.5 Å². The van der Waals surface area contributed by atoms with Crippen LogP contribution in [0.25, 0.3) is 10.1 Å². The normalized spacial score (nSPS) is 11.7. The second-order valence-electron chi connectivity index (χ2n) is 7.55. The molecule has 6 nitrogen and oxygen atoms in total. The Bertz CT molecular complexity index is 1240. The van der Waals surface area contributed by atoms with Crippen LogP contribution in [0.4, 0.5) is 4.79 Å². The molecule has 3 aromatic carbocycles. The van der Waals surface area contributed by atoms with Crippen LogP contribution in [0.1, 0.15) is 22.1 Å². The minimum Gasteiger partial charge on any atom is -0.483 e. The summed E-state index contributed by atoms with van der Waals surface area (Å²) in [5, 5.41) is 8.66. The number of nitrogens with two attached hydrogens (primary N) is 1. The number of nitrogens with zero attached hydrogens (tertiary/aromatic N) is 1. The van der Waals surface area contributed by atoms with Crippen molar-refractivity contribution in [3.8, 4) is 5.75 Å². The van der Waals surface area contributed by atoms with Crippen molar-refractivity contribution in [2.75, 3.05) is 13.7 Å². The molecule has 0 radical (unpaired) electrons. The van der Waals surface area contributed by atoms with Gasteiger partial charge in [-0.05, 0) is 29.3 Å². The van der Waals surface area contributed by atoms with Crippen molar-refractivity contribution in [2.45, 2.75) is 12.6 Å². The molecule has 168 valence electrons. The first-order valence-corrected chi connectivity index (χ1v) is 11.3. The summed E-state index contributed by atoms with van der Waals surface area (Å²) in [4.78, 5) is 15.0. The molecule has 1 atom stereocenters. The number of fused-ring (bicyclic) bond motifs is 1. The van der Waals surface area contributed by atoms with Gasteiger partial charge in [0.2, 0.25) is 0 Å². The number of amides is 1. The van der Waals surface area contributed by atoms with Crippen LogP contribution in [0.2, 0.25) is 0 Å². The average Bonchev–Trinajstić information content (AvgIpc) is 3.30. The zero-order chi connectivity index (χ0) is 23.2. The summed E-state index contributed by atoms with van der Waals surface area (Å²) in [6.45, 7) is 0.697. The molecule has 0 bridgehead atoms. The monoisotopic (exact) mass is 459 g/mol. The number of hydrogen-bond acceptors (Lipinski definition) is 5. The Morgan fingerprint density at radius 1 is 1.03 bits per heavy atom. The number of thiophene rings is 1. The summed E-state index contributed by atoms with van der Waals surface area (Å²) < 4.78 is 12.6. The number of benzene rings is 3. The molecular weight excluding hydrogens is 434 g/mol. The van der Waals surface area contributed by atoms with Gasteiger partial charge in [-0.1, -0.05) is 66.7 Å². The van der Waals surface area contributed by atoms with Crippen molar-refractivity contribution in [1.29, 1.82) is 5.41 Å². The summed E-state index contributed by atoms with van der Waals surface area (Å²) in [7, 11) is 1.38. The summed E-state index contributed by atoms with van der Waals surface area (Å²) in [6.07, 6.45) is -0.851. The highest BCUT2D eigenvalue weighted by atomic mass is 32.1. The molecule has 4 aromatic rings. The van der Waals surface area contributed by atoms with E-state index in [4.69, 9.17) is 20.6 Å². The van der Waals surface area contributed by atoms with Crippen LogP contribution in [0.3, 0.4) is 0 Å². The first kappa shape index (κ1) is 22.4. The Morgan fingerprint density at radius 3 is 2.39 bits per heavy atom. The van der Waals surface area contributed by atoms with Crippen LogP contribution in [-0.4, -0.2) is 30.5 Å². The molecule has 0 saturated heterocycles. The average molecular weight is 460 g/mol. The fourth-order valence-corrected chi connectivity index (χ4v) is 4.58. The van der Waals surface area contributed by atoms with Gasteiger partial charge in [0.25, 0.3) is 0 Å². The third kappa shape index (κ3) is 5.32. The number of hydrogen-bond donors (Lipinski definition) is 2. The molecule has 3 N–H and O–H groups in total. The Labute approximate surface area is 196 Å². The highest BCUT2D eigenvalue weighted by molar-refractivity contribution is 7.20. The highest BCUT2D eigenvalue weighted by Gasteiger charge is 2.24. The van der Waals surface area contributed by atoms with Gasteiger partial charge in [-0.3, -0.25) is 10.3 Å². The summed E-state index contributed by atoms with van der Waals surface area (Å²) in [5.41, 5.74) is 7.65. The summed E-state index contributed by atoms with van der Waals surface area (Å²) >= 11 is 1.45. The first-order chi connectivity index (χ1) is 16.0. The van der Waals surface area contributed by atoms with Crippen molar-refractivity contribution >= 4 is 33.4 Å². The number of nitrogens with one attached hydrogen (secondary N) is 1. The molecule has 0 aliphatic rings. The Hall–Kier alpha value is -3.84. The zero-order valence-electron chi connectivity index (χ0n) is 18.2. The van der Waals surface area contributed by atoms with Crippen LogP contribution >= 0.6 is 11.3 Å². The van der Waals surface area contributed by atoms with E-state index in [1.807, 2.05) is 84.9 Å². The molecular formula is C26H25N3O3S. The molecule has 0 spiro atoms. The van der Waals surface area contributed by atoms with E-state index < -0.39 is 12.2 Å². The molecule has 1 heterocycles. The summed E-state index contributed by atoms with van der Waals surface area (Å²) in [5.74, 6) is 0.705. The molecule has 0 fully saturated rings. The van der Waals surface area contributed by atoms with Crippen molar-refractivity contribution < 1.29 is 14.3 Å². The van der Waals surface area contributed by atoms with Crippen molar-refractivity contribution in [3.05, 3.63) is 101 Å². The highest BCUT2D eigenvalue weighted by Crippen LogP contribution is 2.35. The molecule has 4 rings (SSSR count). The Balaban J connectivity index is 1.68. The maximum Gasteiger partial charge on any atom is 0.409 e. The van der Waals surface area contributed by atoms with Crippen LogP contribution in [0.5, 0.6) is 5.75 Å². The van der Waals surface area contributed by atoms with E-state index in [2.05, 4.69) is 0 Å². The minimum atomic E-state index is -0.430. The van der Waals surface area contributed by atoms with E-state index in [0.717, 1.165) is 21.2 Å². The fourth-order valence-electron chi connectivity index (χ4n) is 3.64. The van der Waals surface area contributed by atoms with Crippen LogP contribution < -0.4 is 10.5 Å². The largest absolute Gasteiger partial charge is 0.483 e. The van der Waals surface area contributed by atoms with E-state index in [1.165, 1.54) is 18.4 Å². The standard InChI is InChI=1S/C26H25N3O3S/c1-31-26(30)29(16-18-9-4-2-5-10-18)17-22(19-11-6-3-7-12-19)32-21-13-8-14-23-20(21)15-24(33-23)25(27)28/h2-15,22H,16-17H2,1H3,(H3,27,28). The topological polar surface area (TPSA) is 88.6 Å². The summed E-state index contributed by atoms with van der Waals surface area (Å²) in [6, 6.07) is 27.3. The Morgan fingerprint density at radius 2 is 1.73 bits per heavy atom. The number of nitrogen functional groups attached to an aromatic ring is 1. The number of methoxy groups -OCH3 is 1. The van der Waals surface area contributed by atoms with Gasteiger partial charge in [0.1, 0.15) is 17.7 Å². The van der Waals surface area contributed by atoms with E-state index in [-0.39, 0.29) is 5.84 Å². The molecule has 1 amide bonds. The number of rotatable bonds is 8. The smallest absolute Gasteiger partial charge is 0.409 e. The van der Waals surface area contributed by atoms with Crippen molar-refractivity contribution in [1.82, 2.24) is 4.90 Å². The lowest BCUT2D eigenvalue weighted by Crippen LogP contribution is -2.35. The molecule has 1 aromatic heterocycles. The molecule has 33 heavy (non-hydrogen) atoms. The number of carbonyl (C=O) groups excluding carboxylic acids is 1. The van der Waals surface area contributed by atoms with Gasteiger partial charge < -0.3 is 15.2 Å². The maximum atomic E-state index is 12.6. The van der Waals surface area contributed by atoms with Crippen LogP contribution in [0, 0.1) is 5.41 Å². The van der Waals surface area contributed by atoms with Gasteiger partial charge in [-0.2, -0.15) is 0 Å². The first-order valence-electron chi connectivity index (χ1n) is 10.5. The molecule has 1 unspecified atom stereocenters. The maximum absolute atomic E-state index is 12.6. The third-order valence-corrected chi connectivity index (χ3v) is 6.40. The minimum absolute atomic E-state index is 0.0292. The predicted molar refractivity (Wildman–Crippen MR) is 132 cm³/mol. The van der Waals surface area contributed by atoms with E-state index in [0.29, 0.717) is 23.7 Å². The molecule has 0 aliphatic carbocycles. The van der Waals surface area contributed by atoms with E-state index in [9.17, 15) is 4.79 Å². The number of amidine groups is 1. The lowest BCUT2D eigenvalue weighted by atomic mass is 10.1. The lowest BCUT2D eigenvalue weighted by molar-refractivity contribution is 0.0917. The second-order valence-corrected chi connectivity index (χ2v) is 8.63.